The minimum absolute atomic E-state index is 0. The van der Waals surface area contributed by atoms with Gasteiger partial charge in [-0.2, -0.15) is 0 Å². The van der Waals surface area contributed by atoms with Gasteiger partial charge in [-0.1, -0.05) is 31.2 Å². The van der Waals surface area contributed by atoms with Crippen molar-refractivity contribution in [2.45, 2.75) is 19.9 Å². The molecule has 0 atom stereocenters. The summed E-state index contributed by atoms with van der Waals surface area (Å²) in [5.41, 5.74) is 7.49. The molecule has 20 heavy (non-hydrogen) atoms. The third-order valence-electron chi connectivity index (χ3n) is 2.90. The highest BCUT2D eigenvalue weighted by Crippen LogP contribution is 2.07. The maximum atomic E-state index is 11.8. The van der Waals surface area contributed by atoms with E-state index >= 15 is 0 Å². The number of rotatable bonds is 6. The first kappa shape index (κ1) is 18.4. The van der Waals surface area contributed by atoms with Crippen LogP contribution < -0.4 is 11.1 Å². The quantitative estimate of drug-likeness (QED) is 0.812. The largest absolute Gasteiger partial charge is 0.346 e. The lowest BCUT2D eigenvalue weighted by Gasteiger charge is -2.17. The van der Waals surface area contributed by atoms with Crippen molar-refractivity contribution in [3.63, 3.8) is 0 Å². The molecule has 0 bridgehead atoms. The van der Waals surface area contributed by atoms with E-state index in [0.29, 0.717) is 6.54 Å². The first-order valence-electron chi connectivity index (χ1n) is 6.35. The van der Waals surface area contributed by atoms with Crippen LogP contribution in [0.15, 0.2) is 24.3 Å². The second-order valence-electron chi connectivity index (χ2n) is 4.40. The first-order chi connectivity index (χ1) is 9.06. The van der Waals surface area contributed by atoms with Gasteiger partial charge in [0.15, 0.2) is 0 Å². The summed E-state index contributed by atoms with van der Waals surface area (Å²) in [6.45, 7) is 2.52. The van der Waals surface area contributed by atoms with Crippen LogP contribution in [0.3, 0.4) is 0 Å². The van der Waals surface area contributed by atoms with Crippen LogP contribution in [-0.2, 0) is 22.6 Å². The summed E-state index contributed by atoms with van der Waals surface area (Å²) in [5, 5.41) is 2.46. The molecule has 0 saturated heterocycles. The van der Waals surface area contributed by atoms with E-state index in [1.807, 2.05) is 12.1 Å². The summed E-state index contributed by atoms with van der Waals surface area (Å²) in [5.74, 6) is -0.463. The van der Waals surface area contributed by atoms with Gasteiger partial charge in [0.1, 0.15) is 0 Å². The zero-order valence-corrected chi connectivity index (χ0v) is 12.7. The summed E-state index contributed by atoms with van der Waals surface area (Å²) < 4.78 is 0. The van der Waals surface area contributed by atoms with E-state index in [2.05, 4.69) is 24.4 Å². The summed E-state index contributed by atoms with van der Waals surface area (Å²) >= 11 is 0. The molecule has 5 nitrogen and oxygen atoms in total. The van der Waals surface area contributed by atoms with Crippen LogP contribution in [0.5, 0.6) is 0 Å². The smallest absolute Gasteiger partial charge is 0.242 e. The lowest BCUT2D eigenvalue weighted by atomic mass is 10.1. The van der Waals surface area contributed by atoms with Crippen LogP contribution >= 0.6 is 12.4 Å². The van der Waals surface area contributed by atoms with Crippen molar-refractivity contribution in [1.82, 2.24) is 10.2 Å². The highest BCUT2D eigenvalue weighted by Gasteiger charge is 2.10. The fourth-order valence-electron chi connectivity index (χ4n) is 1.62. The van der Waals surface area contributed by atoms with Gasteiger partial charge in [0.05, 0.1) is 13.1 Å². The monoisotopic (exact) mass is 299 g/mol. The van der Waals surface area contributed by atoms with Gasteiger partial charge in [-0.05, 0) is 17.5 Å². The highest BCUT2D eigenvalue weighted by molar-refractivity contribution is 5.85. The Balaban J connectivity index is 0.00000361. The van der Waals surface area contributed by atoms with Gasteiger partial charge in [-0.25, -0.2) is 0 Å². The van der Waals surface area contributed by atoms with Gasteiger partial charge in [0.2, 0.25) is 11.8 Å². The third kappa shape index (κ3) is 6.04. The van der Waals surface area contributed by atoms with Crippen LogP contribution in [0.1, 0.15) is 18.1 Å². The number of hydrogen-bond donors (Lipinski definition) is 2. The van der Waals surface area contributed by atoms with Crippen molar-refractivity contribution in [3.8, 4) is 0 Å². The van der Waals surface area contributed by atoms with Crippen LogP contribution in [0.25, 0.3) is 0 Å². The van der Waals surface area contributed by atoms with Crippen molar-refractivity contribution in [2.75, 3.05) is 20.1 Å². The Morgan fingerprint density at radius 2 is 1.75 bits per heavy atom. The average molecular weight is 300 g/mol. The molecule has 1 rings (SSSR count). The van der Waals surface area contributed by atoms with Gasteiger partial charge >= 0.3 is 0 Å². The molecule has 6 heteroatoms. The van der Waals surface area contributed by atoms with Gasteiger partial charge in [-0.15, -0.1) is 12.4 Å². The summed E-state index contributed by atoms with van der Waals surface area (Å²) in [6, 6.07) is 8.15. The number of benzene rings is 1. The normalized spacial score (nSPS) is 9.55. The van der Waals surface area contributed by atoms with E-state index in [4.69, 9.17) is 5.73 Å². The van der Waals surface area contributed by atoms with Crippen molar-refractivity contribution >= 4 is 24.2 Å². The number of carbonyl (C=O) groups excluding carboxylic acids is 2. The molecule has 0 unspecified atom stereocenters. The lowest BCUT2D eigenvalue weighted by molar-refractivity contribution is -0.131. The number of carbonyl (C=O) groups is 2. The Morgan fingerprint density at radius 1 is 1.20 bits per heavy atom. The molecule has 0 spiro atoms. The molecule has 0 heterocycles. The standard InChI is InChI=1S/C14H21N3O2.ClH/c1-3-11-4-6-12(7-5-11)10-17(2)14(19)9-16-13(18)8-15;/h4-7H,3,8-10,15H2,1-2H3,(H,16,18);1H. The minimum Gasteiger partial charge on any atom is -0.346 e. The van der Waals surface area contributed by atoms with Gasteiger partial charge in [0, 0.05) is 13.6 Å². The fraction of sp³-hybridized carbons (Fsp3) is 0.429. The molecule has 3 N–H and O–H groups in total. The molecule has 0 aliphatic heterocycles. The van der Waals surface area contributed by atoms with Crippen molar-refractivity contribution in [1.29, 1.82) is 0 Å². The van der Waals surface area contributed by atoms with E-state index in [9.17, 15) is 9.59 Å². The number of nitrogens with zero attached hydrogens (tertiary/aromatic N) is 1. The second kappa shape index (κ2) is 9.34. The van der Waals surface area contributed by atoms with Crippen molar-refractivity contribution in [2.24, 2.45) is 5.73 Å². The molecule has 1 aromatic carbocycles. The van der Waals surface area contributed by atoms with Gasteiger partial charge < -0.3 is 16.0 Å². The molecule has 0 aliphatic rings. The van der Waals surface area contributed by atoms with E-state index in [0.717, 1.165) is 12.0 Å². The number of halogens is 1. The highest BCUT2D eigenvalue weighted by atomic mass is 35.5. The fourth-order valence-corrected chi connectivity index (χ4v) is 1.62. The van der Waals surface area contributed by atoms with Gasteiger partial charge in [0.25, 0.3) is 0 Å². The molecule has 0 aliphatic carbocycles. The molecule has 112 valence electrons. The Bertz CT molecular complexity index is 435. The zero-order chi connectivity index (χ0) is 14.3. The predicted molar refractivity (Wildman–Crippen MR) is 81.6 cm³/mol. The van der Waals surface area contributed by atoms with Gasteiger partial charge in [-0.3, -0.25) is 9.59 Å². The number of aryl methyl sites for hydroxylation is 1. The Kier molecular flexibility index (Phi) is 8.59. The molecule has 0 fully saturated rings. The second-order valence-corrected chi connectivity index (χ2v) is 4.40. The van der Waals surface area contributed by atoms with Crippen molar-refractivity contribution < 1.29 is 9.59 Å². The van der Waals surface area contributed by atoms with E-state index < -0.39 is 0 Å². The van der Waals surface area contributed by atoms with E-state index in [-0.39, 0.29) is 37.3 Å². The number of nitrogens with two attached hydrogens (primary N) is 1. The van der Waals surface area contributed by atoms with E-state index in [1.54, 1.807) is 11.9 Å². The summed E-state index contributed by atoms with van der Waals surface area (Å²) in [7, 11) is 1.71. The lowest BCUT2D eigenvalue weighted by Crippen LogP contribution is -2.40. The minimum atomic E-state index is -0.325. The molecule has 0 saturated carbocycles. The summed E-state index contributed by atoms with van der Waals surface area (Å²) in [4.78, 5) is 24.3. The van der Waals surface area contributed by atoms with Crippen LogP contribution in [0, 0.1) is 0 Å². The van der Waals surface area contributed by atoms with E-state index in [1.165, 1.54) is 5.56 Å². The number of nitrogens with one attached hydrogen (secondary N) is 1. The van der Waals surface area contributed by atoms with Crippen LogP contribution in [0.2, 0.25) is 0 Å². The Labute approximate surface area is 125 Å². The van der Waals surface area contributed by atoms with Crippen molar-refractivity contribution in [3.05, 3.63) is 35.4 Å². The van der Waals surface area contributed by atoms with Crippen LogP contribution in [-0.4, -0.2) is 36.9 Å². The maximum Gasteiger partial charge on any atom is 0.242 e. The number of likely N-dealkylation sites (N-methyl/N-ethyl adjacent to an activating group) is 1. The van der Waals surface area contributed by atoms with Crippen LogP contribution in [0.4, 0.5) is 0 Å². The number of amides is 2. The molecule has 2 amide bonds. The predicted octanol–water partition coefficient (Wildman–Crippen LogP) is 0.704. The summed E-state index contributed by atoms with van der Waals surface area (Å²) in [6.07, 6.45) is 1.00. The maximum absolute atomic E-state index is 11.8. The Morgan fingerprint density at radius 3 is 2.25 bits per heavy atom. The number of hydrogen-bond acceptors (Lipinski definition) is 3. The Hall–Kier alpha value is -1.59. The topological polar surface area (TPSA) is 75.4 Å². The molecule has 0 aromatic heterocycles. The molecular formula is C14H22ClN3O2. The molecular weight excluding hydrogens is 278 g/mol. The molecule has 0 radical (unpaired) electrons. The first-order valence-corrected chi connectivity index (χ1v) is 6.35. The molecule has 1 aromatic rings. The third-order valence-corrected chi connectivity index (χ3v) is 2.90. The SMILES string of the molecule is CCc1ccc(CN(C)C(=O)CNC(=O)CN)cc1.Cl. The zero-order valence-electron chi connectivity index (χ0n) is 11.9. The average Bonchev–Trinajstić information content (AvgIpc) is 2.44.